The molecular formula is C13H25ClN2O. The summed E-state index contributed by atoms with van der Waals surface area (Å²) in [5, 5.41) is 3.37. The smallest absolute Gasteiger partial charge is 0.239 e. The highest BCUT2D eigenvalue weighted by atomic mass is 35.5. The fourth-order valence-corrected chi connectivity index (χ4v) is 2.98. The number of carbonyl (C=O) groups is 1. The van der Waals surface area contributed by atoms with Crippen LogP contribution in [-0.4, -0.2) is 36.0 Å². The maximum Gasteiger partial charge on any atom is 0.239 e. The monoisotopic (exact) mass is 260 g/mol. The van der Waals surface area contributed by atoms with E-state index in [4.69, 9.17) is 0 Å². The zero-order valence-corrected chi connectivity index (χ0v) is 11.6. The van der Waals surface area contributed by atoms with Gasteiger partial charge in [0.25, 0.3) is 0 Å². The predicted octanol–water partition coefficient (Wildman–Crippen LogP) is 2.34. The lowest BCUT2D eigenvalue weighted by Gasteiger charge is -2.38. The van der Waals surface area contributed by atoms with Crippen LogP contribution in [0.15, 0.2) is 0 Å². The Morgan fingerprint density at radius 2 is 2.00 bits per heavy atom. The van der Waals surface area contributed by atoms with Crippen molar-refractivity contribution in [2.45, 2.75) is 64.0 Å². The Labute approximate surface area is 111 Å². The first-order valence-corrected chi connectivity index (χ1v) is 6.86. The summed E-state index contributed by atoms with van der Waals surface area (Å²) in [4.78, 5) is 14.5. The molecule has 4 heteroatoms. The predicted molar refractivity (Wildman–Crippen MR) is 72.5 cm³/mol. The summed E-state index contributed by atoms with van der Waals surface area (Å²) in [5.41, 5.74) is 0. The molecule has 2 aliphatic rings. The van der Waals surface area contributed by atoms with Crippen molar-refractivity contribution in [1.82, 2.24) is 10.2 Å². The molecule has 0 aromatic rings. The van der Waals surface area contributed by atoms with E-state index in [1.807, 2.05) is 0 Å². The minimum atomic E-state index is 0. The average Bonchev–Trinajstić information content (AvgIpc) is 2.39. The SMILES string of the molecule is CCC1CCCCN1C(=O)C1CCCCN1.Cl. The number of hydrogen-bond donors (Lipinski definition) is 1. The largest absolute Gasteiger partial charge is 0.338 e. The van der Waals surface area contributed by atoms with Crippen LogP contribution in [0.1, 0.15) is 51.9 Å². The Balaban J connectivity index is 0.00000144. The van der Waals surface area contributed by atoms with Gasteiger partial charge in [-0.15, -0.1) is 12.4 Å². The number of carbonyl (C=O) groups excluding carboxylic acids is 1. The number of halogens is 1. The van der Waals surface area contributed by atoms with Gasteiger partial charge >= 0.3 is 0 Å². The van der Waals surface area contributed by atoms with Gasteiger partial charge < -0.3 is 10.2 Å². The van der Waals surface area contributed by atoms with Crippen molar-refractivity contribution in [3.05, 3.63) is 0 Å². The minimum absolute atomic E-state index is 0. The van der Waals surface area contributed by atoms with Crippen molar-refractivity contribution in [2.75, 3.05) is 13.1 Å². The topological polar surface area (TPSA) is 32.3 Å². The highest BCUT2D eigenvalue weighted by Gasteiger charge is 2.30. The van der Waals surface area contributed by atoms with E-state index in [2.05, 4.69) is 17.1 Å². The van der Waals surface area contributed by atoms with Crippen LogP contribution in [0.4, 0.5) is 0 Å². The molecule has 2 heterocycles. The van der Waals surface area contributed by atoms with Crippen LogP contribution in [0.25, 0.3) is 0 Å². The highest BCUT2D eigenvalue weighted by Crippen LogP contribution is 2.21. The molecule has 2 saturated heterocycles. The molecule has 100 valence electrons. The molecule has 0 aromatic carbocycles. The van der Waals surface area contributed by atoms with Crippen LogP contribution in [0.5, 0.6) is 0 Å². The minimum Gasteiger partial charge on any atom is -0.338 e. The number of rotatable bonds is 2. The summed E-state index contributed by atoms with van der Waals surface area (Å²) in [6.07, 6.45) is 8.25. The molecule has 0 saturated carbocycles. The van der Waals surface area contributed by atoms with E-state index in [9.17, 15) is 4.79 Å². The Hall–Kier alpha value is -0.280. The summed E-state index contributed by atoms with van der Waals surface area (Å²) in [7, 11) is 0. The summed E-state index contributed by atoms with van der Waals surface area (Å²) >= 11 is 0. The van der Waals surface area contributed by atoms with E-state index in [0.717, 1.165) is 25.9 Å². The summed E-state index contributed by atoms with van der Waals surface area (Å²) in [5.74, 6) is 0.367. The standard InChI is InChI=1S/C13H24N2O.ClH/c1-2-11-7-4-6-10-15(11)13(16)12-8-3-5-9-14-12;/h11-12,14H,2-10H2,1H3;1H. The van der Waals surface area contributed by atoms with E-state index >= 15 is 0 Å². The van der Waals surface area contributed by atoms with E-state index in [0.29, 0.717) is 11.9 Å². The average molecular weight is 261 g/mol. The quantitative estimate of drug-likeness (QED) is 0.827. The van der Waals surface area contributed by atoms with Crippen LogP contribution >= 0.6 is 12.4 Å². The summed E-state index contributed by atoms with van der Waals surface area (Å²) in [6, 6.07) is 0.617. The number of likely N-dealkylation sites (tertiary alicyclic amines) is 1. The van der Waals surface area contributed by atoms with E-state index < -0.39 is 0 Å². The number of piperidine rings is 2. The third-order valence-electron chi connectivity index (χ3n) is 3.99. The van der Waals surface area contributed by atoms with Crippen molar-refractivity contribution in [2.24, 2.45) is 0 Å². The Morgan fingerprint density at radius 1 is 1.24 bits per heavy atom. The molecule has 3 nitrogen and oxygen atoms in total. The van der Waals surface area contributed by atoms with Crippen LogP contribution in [0.2, 0.25) is 0 Å². The molecule has 0 aromatic heterocycles. The first-order valence-electron chi connectivity index (χ1n) is 6.86. The van der Waals surface area contributed by atoms with Crippen molar-refractivity contribution in [3.63, 3.8) is 0 Å². The van der Waals surface area contributed by atoms with Gasteiger partial charge in [0.15, 0.2) is 0 Å². The van der Waals surface area contributed by atoms with Crippen LogP contribution in [0.3, 0.4) is 0 Å². The molecule has 2 unspecified atom stereocenters. The molecule has 0 spiro atoms. The third-order valence-corrected chi connectivity index (χ3v) is 3.99. The zero-order chi connectivity index (χ0) is 11.4. The van der Waals surface area contributed by atoms with Gasteiger partial charge in [-0.25, -0.2) is 0 Å². The molecule has 0 radical (unpaired) electrons. The molecule has 2 fully saturated rings. The van der Waals surface area contributed by atoms with Crippen molar-refractivity contribution in [1.29, 1.82) is 0 Å². The molecule has 17 heavy (non-hydrogen) atoms. The molecular weight excluding hydrogens is 236 g/mol. The van der Waals surface area contributed by atoms with Crippen LogP contribution < -0.4 is 5.32 Å². The van der Waals surface area contributed by atoms with Gasteiger partial charge in [0, 0.05) is 12.6 Å². The summed E-state index contributed by atoms with van der Waals surface area (Å²) in [6.45, 7) is 4.20. The lowest BCUT2D eigenvalue weighted by Crippen LogP contribution is -2.53. The maximum absolute atomic E-state index is 12.4. The van der Waals surface area contributed by atoms with E-state index in [-0.39, 0.29) is 18.4 Å². The fraction of sp³-hybridized carbons (Fsp3) is 0.923. The fourth-order valence-electron chi connectivity index (χ4n) is 2.98. The highest BCUT2D eigenvalue weighted by molar-refractivity contribution is 5.85. The lowest BCUT2D eigenvalue weighted by atomic mass is 9.97. The molecule has 2 atom stereocenters. The van der Waals surface area contributed by atoms with Gasteiger partial charge in [-0.1, -0.05) is 13.3 Å². The van der Waals surface area contributed by atoms with Crippen LogP contribution in [0, 0.1) is 0 Å². The first kappa shape index (κ1) is 14.8. The van der Waals surface area contributed by atoms with Gasteiger partial charge in [0.1, 0.15) is 0 Å². The lowest BCUT2D eigenvalue weighted by molar-refractivity contribution is -0.137. The number of hydrogen-bond acceptors (Lipinski definition) is 2. The molecule has 0 bridgehead atoms. The van der Waals surface area contributed by atoms with Gasteiger partial charge in [-0.05, 0) is 45.1 Å². The number of nitrogens with zero attached hydrogens (tertiary/aromatic N) is 1. The first-order chi connectivity index (χ1) is 7.83. The maximum atomic E-state index is 12.4. The van der Waals surface area contributed by atoms with Gasteiger partial charge in [-0.3, -0.25) is 4.79 Å². The normalized spacial score (nSPS) is 29.6. The second-order valence-corrected chi connectivity index (χ2v) is 5.09. The second kappa shape index (κ2) is 7.22. The Kier molecular flexibility index (Phi) is 6.28. The molecule has 0 aliphatic carbocycles. The molecule has 2 rings (SSSR count). The Morgan fingerprint density at radius 3 is 2.65 bits per heavy atom. The van der Waals surface area contributed by atoms with Gasteiger partial charge in [0.05, 0.1) is 6.04 Å². The summed E-state index contributed by atoms with van der Waals surface area (Å²) < 4.78 is 0. The second-order valence-electron chi connectivity index (χ2n) is 5.09. The van der Waals surface area contributed by atoms with Crippen LogP contribution in [-0.2, 0) is 4.79 Å². The van der Waals surface area contributed by atoms with E-state index in [1.54, 1.807) is 0 Å². The molecule has 1 amide bonds. The van der Waals surface area contributed by atoms with Gasteiger partial charge in [-0.2, -0.15) is 0 Å². The third kappa shape index (κ3) is 3.59. The number of amides is 1. The van der Waals surface area contributed by atoms with Crippen molar-refractivity contribution < 1.29 is 4.79 Å². The zero-order valence-electron chi connectivity index (χ0n) is 10.8. The van der Waals surface area contributed by atoms with Gasteiger partial charge in [0.2, 0.25) is 5.91 Å². The van der Waals surface area contributed by atoms with Crippen molar-refractivity contribution >= 4 is 18.3 Å². The van der Waals surface area contributed by atoms with Crippen molar-refractivity contribution in [3.8, 4) is 0 Å². The van der Waals surface area contributed by atoms with E-state index in [1.165, 1.54) is 32.1 Å². The Bertz CT molecular complexity index is 242. The molecule has 1 N–H and O–H groups in total. The number of nitrogens with one attached hydrogen (secondary N) is 1. The molecule has 2 aliphatic heterocycles.